The molecule has 0 atom stereocenters. The molecule has 0 N–H and O–H groups in total. The second-order valence-corrected chi connectivity index (χ2v) is 4.49. The lowest BCUT2D eigenvalue weighted by molar-refractivity contribution is -0.140. The van der Waals surface area contributed by atoms with Crippen LogP contribution in [0.25, 0.3) is 0 Å². The van der Waals surface area contributed by atoms with E-state index >= 15 is 0 Å². The molecule has 0 bridgehead atoms. The van der Waals surface area contributed by atoms with Crippen LogP contribution in [0.15, 0.2) is 12.2 Å². The van der Waals surface area contributed by atoms with Crippen molar-refractivity contribution in [2.75, 3.05) is 21.3 Å². The maximum absolute atomic E-state index is 10.9. The molecule has 0 aromatic heterocycles. The molecule has 0 saturated heterocycles. The Morgan fingerprint density at radius 2 is 1.58 bits per heavy atom. The summed E-state index contributed by atoms with van der Waals surface area (Å²) in [5.41, 5.74) is 0. The number of unbranched alkanes of at least 4 members (excludes halogenated alkanes) is 5. The summed E-state index contributed by atoms with van der Waals surface area (Å²) in [4.78, 5) is 10.9. The molecule has 4 heteroatoms. The molecule has 0 spiro atoms. The monoisotopic (exact) mass is 272 g/mol. The Morgan fingerprint density at radius 1 is 0.947 bits per heavy atom. The molecule has 0 aromatic rings. The van der Waals surface area contributed by atoms with Crippen LogP contribution in [-0.2, 0) is 19.0 Å². The molecule has 0 saturated carbocycles. The Hall–Kier alpha value is -0.870. The highest BCUT2D eigenvalue weighted by Crippen LogP contribution is 2.08. The molecule has 0 radical (unpaired) electrons. The minimum atomic E-state index is -0.130. The van der Waals surface area contributed by atoms with Crippen LogP contribution in [0.1, 0.15) is 51.4 Å². The topological polar surface area (TPSA) is 44.8 Å². The smallest absolute Gasteiger partial charge is 0.305 e. The zero-order chi connectivity index (χ0) is 14.3. The maximum atomic E-state index is 10.9. The highest BCUT2D eigenvalue weighted by Gasteiger charge is 2.00. The van der Waals surface area contributed by atoms with E-state index in [1.54, 1.807) is 14.2 Å². The van der Waals surface area contributed by atoms with E-state index in [0.717, 1.165) is 25.7 Å². The number of hydrogen-bond donors (Lipinski definition) is 0. The van der Waals surface area contributed by atoms with Crippen LogP contribution in [0.4, 0.5) is 0 Å². The Bertz CT molecular complexity index is 234. The molecule has 4 nitrogen and oxygen atoms in total. The summed E-state index contributed by atoms with van der Waals surface area (Å²) in [7, 11) is 4.74. The third kappa shape index (κ3) is 11.9. The third-order valence-electron chi connectivity index (χ3n) is 3.00. The predicted octanol–water partition coefficient (Wildman–Crippen LogP) is 3.46. The van der Waals surface area contributed by atoms with Crippen LogP contribution in [0, 0.1) is 0 Å². The van der Waals surface area contributed by atoms with E-state index in [0.29, 0.717) is 6.42 Å². The van der Waals surface area contributed by atoms with E-state index in [2.05, 4.69) is 16.9 Å². The van der Waals surface area contributed by atoms with Gasteiger partial charge in [0.05, 0.1) is 7.11 Å². The first-order valence-electron chi connectivity index (χ1n) is 7.02. The van der Waals surface area contributed by atoms with Crippen molar-refractivity contribution in [3.8, 4) is 0 Å². The average molecular weight is 272 g/mol. The van der Waals surface area contributed by atoms with Crippen molar-refractivity contribution in [2.24, 2.45) is 0 Å². The van der Waals surface area contributed by atoms with Gasteiger partial charge in [-0.2, -0.15) is 0 Å². The summed E-state index contributed by atoms with van der Waals surface area (Å²) < 4.78 is 14.8. The Morgan fingerprint density at radius 3 is 2.21 bits per heavy atom. The van der Waals surface area contributed by atoms with Gasteiger partial charge in [-0.1, -0.05) is 31.4 Å². The minimum absolute atomic E-state index is 0.103. The second-order valence-electron chi connectivity index (χ2n) is 4.49. The normalized spacial score (nSPS) is 11.4. The minimum Gasteiger partial charge on any atom is -0.469 e. The standard InChI is InChI=1S/C15H28O4/c1-17-14(16)12-10-8-6-4-5-7-9-11-13-15(18-2)19-3/h9,11,15H,4-8,10,12-13H2,1-3H3/b11-9-. The van der Waals surface area contributed by atoms with Crippen LogP contribution in [-0.4, -0.2) is 33.6 Å². The fourth-order valence-electron chi connectivity index (χ4n) is 1.78. The molecule has 0 aromatic carbocycles. The maximum Gasteiger partial charge on any atom is 0.305 e. The molecular formula is C15H28O4. The lowest BCUT2D eigenvalue weighted by atomic mass is 10.1. The van der Waals surface area contributed by atoms with Gasteiger partial charge in [0.1, 0.15) is 0 Å². The molecule has 0 rings (SSSR count). The second kappa shape index (κ2) is 13.6. The zero-order valence-corrected chi connectivity index (χ0v) is 12.5. The lowest BCUT2D eigenvalue weighted by Gasteiger charge is -2.09. The van der Waals surface area contributed by atoms with Gasteiger partial charge in [0.15, 0.2) is 6.29 Å². The fourth-order valence-corrected chi connectivity index (χ4v) is 1.78. The summed E-state index contributed by atoms with van der Waals surface area (Å²) >= 11 is 0. The van der Waals surface area contributed by atoms with E-state index in [9.17, 15) is 4.79 Å². The van der Waals surface area contributed by atoms with Gasteiger partial charge in [-0.15, -0.1) is 0 Å². The molecular weight excluding hydrogens is 244 g/mol. The number of ether oxygens (including phenoxy) is 3. The molecule has 0 unspecified atom stereocenters. The van der Waals surface area contributed by atoms with Crippen molar-refractivity contribution in [2.45, 2.75) is 57.7 Å². The highest BCUT2D eigenvalue weighted by atomic mass is 16.7. The van der Waals surface area contributed by atoms with E-state index < -0.39 is 0 Å². The first-order chi connectivity index (χ1) is 9.24. The Labute approximate surface area is 117 Å². The van der Waals surface area contributed by atoms with Crippen LogP contribution in [0.5, 0.6) is 0 Å². The van der Waals surface area contributed by atoms with E-state index in [4.69, 9.17) is 9.47 Å². The van der Waals surface area contributed by atoms with E-state index in [1.165, 1.54) is 26.4 Å². The zero-order valence-electron chi connectivity index (χ0n) is 12.5. The molecule has 0 heterocycles. The Kier molecular flexibility index (Phi) is 12.9. The molecule has 0 aliphatic heterocycles. The number of allylic oxidation sites excluding steroid dienone is 1. The van der Waals surface area contributed by atoms with Gasteiger partial charge < -0.3 is 14.2 Å². The van der Waals surface area contributed by atoms with E-state index in [1.807, 2.05) is 0 Å². The first-order valence-corrected chi connectivity index (χ1v) is 7.02. The van der Waals surface area contributed by atoms with Crippen molar-refractivity contribution >= 4 is 5.97 Å². The number of methoxy groups -OCH3 is 3. The summed E-state index contributed by atoms with van der Waals surface area (Å²) in [5, 5.41) is 0. The molecule has 0 aliphatic carbocycles. The predicted molar refractivity (Wildman–Crippen MR) is 75.9 cm³/mol. The van der Waals surface area contributed by atoms with Crippen LogP contribution in [0.3, 0.4) is 0 Å². The lowest BCUT2D eigenvalue weighted by Crippen LogP contribution is -2.10. The van der Waals surface area contributed by atoms with Crippen molar-refractivity contribution in [3.05, 3.63) is 12.2 Å². The third-order valence-corrected chi connectivity index (χ3v) is 3.00. The van der Waals surface area contributed by atoms with Gasteiger partial charge in [-0.3, -0.25) is 4.79 Å². The van der Waals surface area contributed by atoms with Crippen LogP contribution >= 0.6 is 0 Å². The van der Waals surface area contributed by atoms with Crippen molar-refractivity contribution in [1.82, 2.24) is 0 Å². The van der Waals surface area contributed by atoms with Gasteiger partial charge in [-0.05, 0) is 19.3 Å². The van der Waals surface area contributed by atoms with Gasteiger partial charge in [0.2, 0.25) is 0 Å². The molecule has 0 aliphatic rings. The summed E-state index contributed by atoms with van der Waals surface area (Å²) in [5.74, 6) is -0.103. The summed E-state index contributed by atoms with van der Waals surface area (Å²) in [6.45, 7) is 0. The number of rotatable bonds is 12. The van der Waals surface area contributed by atoms with E-state index in [-0.39, 0.29) is 12.3 Å². The van der Waals surface area contributed by atoms with Crippen LogP contribution in [0.2, 0.25) is 0 Å². The van der Waals surface area contributed by atoms with Crippen LogP contribution < -0.4 is 0 Å². The fraction of sp³-hybridized carbons (Fsp3) is 0.800. The van der Waals surface area contributed by atoms with Crippen molar-refractivity contribution in [3.63, 3.8) is 0 Å². The number of carbonyl (C=O) groups excluding carboxylic acids is 1. The molecule has 112 valence electrons. The SMILES string of the molecule is COC(=O)CCCCCCC/C=C\CC(OC)OC. The highest BCUT2D eigenvalue weighted by molar-refractivity contribution is 5.68. The van der Waals surface area contributed by atoms with Gasteiger partial charge in [0.25, 0.3) is 0 Å². The largest absolute Gasteiger partial charge is 0.469 e. The summed E-state index contributed by atoms with van der Waals surface area (Å²) in [6.07, 6.45) is 12.2. The first kappa shape index (κ1) is 18.1. The van der Waals surface area contributed by atoms with Gasteiger partial charge >= 0.3 is 5.97 Å². The number of esters is 1. The number of carbonyl (C=O) groups is 1. The van der Waals surface area contributed by atoms with Crippen molar-refractivity contribution in [1.29, 1.82) is 0 Å². The summed E-state index contributed by atoms with van der Waals surface area (Å²) in [6, 6.07) is 0. The Balaban J connectivity index is 3.26. The average Bonchev–Trinajstić information content (AvgIpc) is 2.44. The number of hydrogen-bond acceptors (Lipinski definition) is 4. The van der Waals surface area contributed by atoms with Crippen molar-refractivity contribution < 1.29 is 19.0 Å². The van der Waals surface area contributed by atoms with Gasteiger partial charge in [-0.25, -0.2) is 0 Å². The molecule has 0 amide bonds. The molecule has 0 fully saturated rings. The van der Waals surface area contributed by atoms with Gasteiger partial charge in [0, 0.05) is 27.1 Å². The molecule has 19 heavy (non-hydrogen) atoms. The quantitative estimate of drug-likeness (QED) is 0.236.